The lowest BCUT2D eigenvalue weighted by atomic mass is 9.81. The van der Waals surface area contributed by atoms with Crippen molar-refractivity contribution in [2.24, 2.45) is 0 Å². The molecule has 0 N–H and O–H groups in total. The fourth-order valence-corrected chi connectivity index (χ4v) is 8.94. The predicted octanol–water partition coefficient (Wildman–Crippen LogP) is 14.5. The minimum absolute atomic E-state index is 0.112. The molecule has 1 heterocycles. The highest BCUT2D eigenvalue weighted by molar-refractivity contribution is 6.09. The molecule has 1 aliphatic carbocycles. The monoisotopic (exact) mass is 706 g/mol. The van der Waals surface area contributed by atoms with Gasteiger partial charge in [-0.05, 0) is 141 Å². The highest BCUT2D eigenvalue weighted by atomic mass is 15.1. The van der Waals surface area contributed by atoms with Crippen molar-refractivity contribution in [3.63, 3.8) is 0 Å². The average Bonchev–Trinajstić information content (AvgIpc) is 3.60. The molecule has 0 saturated carbocycles. The molecule has 10 rings (SSSR count). The summed E-state index contributed by atoms with van der Waals surface area (Å²) in [5.74, 6) is 0. The number of para-hydroxylation sites is 3. The number of anilines is 3. The van der Waals surface area contributed by atoms with Gasteiger partial charge in [-0.2, -0.15) is 0 Å². The van der Waals surface area contributed by atoms with Crippen molar-refractivity contribution >= 4 is 61.7 Å². The Balaban J connectivity index is 0.963. The molecule has 0 amide bonds. The third-order valence-corrected chi connectivity index (χ3v) is 12.0. The van der Waals surface area contributed by atoms with Crippen molar-refractivity contribution in [1.82, 2.24) is 4.57 Å². The fraction of sp³-hybridized carbons (Fsp3) is 0.0943. The average molecular weight is 707 g/mol. The van der Waals surface area contributed by atoms with Crippen LogP contribution in [0.5, 0.6) is 0 Å². The Morgan fingerprint density at radius 2 is 1.04 bits per heavy atom. The normalized spacial score (nSPS) is 13.2. The maximum absolute atomic E-state index is 2.45. The van der Waals surface area contributed by atoms with Gasteiger partial charge in [0.1, 0.15) is 0 Å². The molecule has 2 heteroatoms. The molecule has 0 fully saturated rings. The van der Waals surface area contributed by atoms with Crippen LogP contribution in [0.3, 0.4) is 0 Å². The van der Waals surface area contributed by atoms with E-state index in [4.69, 9.17) is 0 Å². The SMILES string of the molecule is Cc1c(C)n(-c2ccccc2)c2cc3c(cc12)-c1ccc(C=Cc2ccc4c(ccc5cc(N(c6ccccc6)c6ccccc6)ccc54)c2)cc1C3(C)C. The van der Waals surface area contributed by atoms with Crippen LogP contribution < -0.4 is 4.90 Å². The van der Waals surface area contributed by atoms with Gasteiger partial charge in [-0.25, -0.2) is 0 Å². The minimum Gasteiger partial charge on any atom is -0.314 e. The van der Waals surface area contributed by atoms with Crippen LogP contribution in [-0.4, -0.2) is 4.57 Å². The number of benzene rings is 8. The van der Waals surface area contributed by atoms with Crippen LogP contribution in [0.2, 0.25) is 0 Å². The molecule has 1 aliphatic rings. The first-order valence-corrected chi connectivity index (χ1v) is 19.3. The van der Waals surface area contributed by atoms with Crippen LogP contribution in [0.1, 0.15) is 47.4 Å². The van der Waals surface area contributed by atoms with E-state index >= 15 is 0 Å². The van der Waals surface area contributed by atoms with E-state index in [1.54, 1.807) is 0 Å². The zero-order chi connectivity index (χ0) is 37.3. The van der Waals surface area contributed by atoms with E-state index in [0.29, 0.717) is 0 Å². The lowest BCUT2D eigenvalue weighted by Crippen LogP contribution is -2.15. The molecular formula is C53H42N2. The quantitative estimate of drug-likeness (QED) is 0.123. The standard InChI is InChI=1S/C53H42N2/c1-35-36(2)54(41-14-8-5-9-15-41)52-34-51-49(33-48(35)52)47-28-23-38(31-50(47)53(51,3)4)21-20-37-22-27-45-39(30-37)24-25-40-32-44(26-29-46(40)45)55(42-16-10-6-11-17-42)43-18-12-7-13-19-43/h5-34H,1-4H3. The van der Waals surface area contributed by atoms with Crippen molar-refractivity contribution in [2.75, 3.05) is 4.90 Å². The molecular weight excluding hydrogens is 665 g/mol. The zero-order valence-corrected chi connectivity index (χ0v) is 31.7. The molecule has 264 valence electrons. The molecule has 0 atom stereocenters. The summed E-state index contributed by atoms with van der Waals surface area (Å²) in [5.41, 5.74) is 16.4. The number of aromatic nitrogens is 1. The van der Waals surface area contributed by atoms with E-state index in [-0.39, 0.29) is 5.41 Å². The van der Waals surface area contributed by atoms with Crippen LogP contribution in [0, 0.1) is 13.8 Å². The van der Waals surface area contributed by atoms with E-state index in [0.717, 1.165) is 17.1 Å². The number of fused-ring (bicyclic) bond motifs is 7. The van der Waals surface area contributed by atoms with Gasteiger partial charge >= 0.3 is 0 Å². The topological polar surface area (TPSA) is 8.17 Å². The molecule has 9 aromatic rings. The number of hydrogen-bond donors (Lipinski definition) is 0. The Morgan fingerprint density at radius 1 is 0.473 bits per heavy atom. The molecule has 0 spiro atoms. The van der Waals surface area contributed by atoms with Gasteiger partial charge in [-0.1, -0.05) is 129 Å². The Kier molecular flexibility index (Phi) is 7.64. The van der Waals surface area contributed by atoms with E-state index in [2.05, 4.69) is 219 Å². The van der Waals surface area contributed by atoms with Crippen LogP contribution in [0.25, 0.3) is 61.4 Å². The van der Waals surface area contributed by atoms with Gasteiger partial charge in [-0.15, -0.1) is 0 Å². The van der Waals surface area contributed by atoms with Crippen molar-refractivity contribution in [1.29, 1.82) is 0 Å². The number of nitrogens with zero attached hydrogens (tertiary/aromatic N) is 2. The van der Waals surface area contributed by atoms with E-state index in [9.17, 15) is 0 Å². The second-order valence-electron chi connectivity index (χ2n) is 15.5. The van der Waals surface area contributed by atoms with Crippen molar-refractivity contribution in [3.8, 4) is 16.8 Å². The molecule has 0 unspecified atom stereocenters. The Labute approximate surface area is 323 Å². The number of rotatable bonds is 6. The summed E-state index contributed by atoms with van der Waals surface area (Å²) in [7, 11) is 0. The summed E-state index contributed by atoms with van der Waals surface area (Å²) in [6.07, 6.45) is 4.52. The summed E-state index contributed by atoms with van der Waals surface area (Å²) >= 11 is 0. The van der Waals surface area contributed by atoms with E-state index < -0.39 is 0 Å². The van der Waals surface area contributed by atoms with Crippen molar-refractivity contribution in [2.45, 2.75) is 33.1 Å². The zero-order valence-electron chi connectivity index (χ0n) is 31.7. The molecule has 1 aromatic heterocycles. The van der Waals surface area contributed by atoms with Gasteiger partial charge in [0.2, 0.25) is 0 Å². The lowest BCUT2D eigenvalue weighted by molar-refractivity contribution is 0.660. The number of hydrogen-bond acceptors (Lipinski definition) is 1. The maximum atomic E-state index is 2.45. The fourth-order valence-electron chi connectivity index (χ4n) is 8.94. The first-order chi connectivity index (χ1) is 26.8. The number of aryl methyl sites for hydroxylation is 1. The van der Waals surface area contributed by atoms with Crippen LogP contribution in [0.15, 0.2) is 170 Å². The maximum Gasteiger partial charge on any atom is 0.0537 e. The van der Waals surface area contributed by atoms with Crippen LogP contribution >= 0.6 is 0 Å². The van der Waals surface area contributed by atoms with Crippen LogP contribution in [0.4, 0.5) is 17.1 Å². The highest BCUT2D eigenvalue weighted by Crippen LogP contribution is 2.51. The van der Waals surface area contributed by atoms with Crippen molar-refractivity contribution in [3.05, 3.63) is 203 Å². The third kappa shape index (κ3) is 5.40. The molecule has 0 saturated heterocycles. The van der Waals surface area contributed by atoms with E-state index in [1.165, 1.54) is 82.8 Å². The first kappa shape index (κ1) is 33.0. The van der Waals surface area contributed by atoms with Gasteiger partial charge in [0, 0.05) is 39.2 Å². The summed E-state index contributed by atoms with van der Waals surface area (Å²) in [6.45, 7) is 9.26. The predicted molar refractivity (Wildman–Crippen MR) is 235 cm³/mol. The smallest absolute Gasteiger partial charge is 0.0537 e. The summed E-state index contributed by atoms with van der Waals surface area (Å²) in [6, 6.07) is 62.0. The van der Waals surface area contributed by atoms with Gasteiger partial charge < -0.3 is 9.47 Å². The Bertz CT molecular complexity index is 2910. The van der Waals surface area contributed by atoms with E-state index in [1.807, 2.05) is 0 Å². The Morgan fingerprint density at radius 3 is 1.71 bits per heavy atom. The summed E-state index contributed by atoms with van der Waals surface area (Å²) < 4.78 is 2.42. The van der Waals surface area contributed by atoms with Crippen molar-refractivity contribution < 1.29 is 0 Å². The second kappa shape index (κ2) is 12.7. The first-order valence-electron chi connectivity index (χ1n) is 19.3. The van der Waals surface area contributed by atoms with Gasteiger partial charge in [0.15, 0.2) is 0 Å². The molecule has 0 radical (unpaired) electrons. The molecule has 55 heavy (non-hydrogen) atoms. The minimum atomic E-state index is -0.112. The summed E-state index contributed by atoms with van der Waals surface area (Å²) in [4.78, 5) is 2.32. The van der Waals surface area contributed by atoms with Gasteiger partial charge in [0.05, 0.1) is 5.52 Å². The molecule has 8 aromatic carbocycles. The van der Waals surface area contributed by atoms with Gasteiger partial charge in [0.25, 0.3) is 0 Å². The second-order valence-corrected chi connectivity index (χ2v) is 15.5. The highest BCUT2D eigenvalue weighted by Gasteiger charge is 2.36. The summed E-state index contributed by atoms with van der Waals surface area (Å²) in [5, 5.41) is 6.33. The Hall–Kier alpha value is -6.64. The lowest BCUT2D eigenvalue weighted by Gasteiger charge is -2.25. The molecule has 0 bridgehead atoms. The van der Waals surface area contributed by atoms with Crippen LogP contribution in [-0.2, 0) is 5.41 Å². The largest absolute Gasteiger partial charge is 0.314 e. The molecule has 0 aliphatic heterocycles. The molecule has 2 nitrogen and oxygen atoms in total. The van der Waals surface area contributed by atoms with Gasteiger partial charge in [-0.3, -0.25) is 0 Å². The third-order valence-electron chi connectivity index (χ3n) is 12.0.